The van der Waals surface area contributed by atoms with Gasteiger partial charge in [-0.1, -0.05) is 33.1 Å². The predicted octanol–water partition coefficient (Wildman–Crippen LogP) is 4.01. The molecular formula is C11H11BrClNO. The van der Waals surface area contributed by atoms with Crippen molar-refractivity contribution in [3.63, 3.8) is 0 Å². The molecule has 1 amide bonds. The molecule has 0 unspecified atom stereocenters. The van der Waals surface area contributed by atoms with Gasteiger partial charge in [0.1, 0.15) is 0 Å². The van der Waals surface area contributed by atoms with Crippen molar-refractivity contribution in [2.45, 2.75) is 13.8 Å². The summed E-state index contributed by atoms with van der Waals surface area (Å²) in [5.74, 6) is -0.171. The monoisotopic (exact) mass is 287 g/mol. The van der Waals surface area contributed by atoms with Gasteiger partial charge in [0.25, 0.3) is 0 Å². The Labute approximate surface area is 102 Å². The predicted molar refractivity (Wildman–Crippen MR) is 67.2 cm³/mol. The Morgan fingerprint density at radius 2 is 2.13 bits per heavy atom. The first-order chi connectivity index (χ1) is 6.99. The Balaban J connectivity index is 2.85. The average Bonchev–Trinajstić information content (AvgIpc) is 2.10. The summed E-state index contributed by atoms with van der Waals surface area (Å²) in [6.07, 6.45) is 1.53. The summed E-state index contributed by atoms with van der Waals surface area (Å²) >= 11 is 9.23. The number of nitrogens with one attached hydrogen (secondary N) is 1. The van der Waals surface area contributed by atoms with Crippen molar-refractivity contribution in [1.82, 2.24) is 0 Å². The molecule has 80 valence electrons. The zero-order valence-electron chi connectivity index (χ0n) is 8.47. The van der Waals surface area contributed by atoms with E-state index in [4.69, 9.17) is 11.6 Å². The molecule has 0 radical (unpaired) electrons. The highest BCUT2D eigenvalue weighted by molar-refractivity contribution is 9.10. The van der Waals surface area contributed by atoms with E-state index in [2.05, 4.69) is 21.2 Å². The van der Waals surface area contributed by atoms with Crippen LogP contribution in [0.25, 0.3) is 0 Å². The number of carbonyl (C=O) groups excluding carboxylic acids is 1. The van der Waals surface area contributed by atoms with Crippen molar-refractivity contribution >= 4 is 39.1 Å². The van der Waals surface area contributed by atoms with Crippen LogP contribution in [0, 0.1) is 0 Å². The van der Waals surface area contributed by atoms with Crippen molar-refractivity contribution in [2.75, 3.05) is 5.32 Å². The first-order valence-corrected chi connectivity index (χ1v) is 5.57. The Hall–Kier alpha value is -0.800. The lowest BCUT2D eigenvalue weighted by molar-refractivity contribution is -0.111. The van der Waals surface area contributed by atoms with Crippen LogP contribution in [0.2, 0.25) is 5.02 Å². The van der Waals surface area contributed by atoms with Crippen LogP contribution >= 0.6 is 27.5 Å². The van der Waals surface area contributed by atoms with Crippen LogP contribution < -0.4 is 5.32 Å². The minimum Gasteiger partial charge on any atom is -0.321 e. The van der Waals surface area contributed by atoms with Crippen LogP contribution in [0.15, 0.2) is 34.3 Å². The summed E-state index contributed by atoms with van der Waals surface area (Å²) in [7, 11) is 0. The molecule has 0 atom stereocenters. The number of carbonyl (C=O) groups is 1. The van der Waals surface area contributed by atoms with Gasteiger partial charge in [-0.05, 0) is 32.0 Å². The third-order valence-corrected chi connectivity index (χ3v) is 2.43. The molecule has 1 aromatic rings. The van der Waals surface area contributed by atoms with Gasteiger partial charge in [-0.2, -0.15) is 0 Å². The van der Waals surface area contributed by atoms with Crippen LogP contribution in [0.5, 0.6) is 0 Å². The second-order valence-electron chi connectivity index (χ2n) is 3.34. The largest absolute Gasteiger partial charge is 0.321 e. The molecule has 0 aromatic heterocycles. The maximum Gasteiger partial charge on any atom is 0.248 e. The number of halogens is 2. The molecule has 15 heavy (non-hydrogen) atoms. The van der Waals surface area contributed by atoms with E-state index in [0.29, 0.717) is 10.7 Å². The van der Waals surface area contributed by atoms with E-state index < -0.39 is 0 Å². The molecule has 0 aliphatic heterocycles. The first-order valence-electron chi connectivity index (χ1n) is 4.40. The van der Waals surface area contributed by atoms with Crippen molar-refractivity contribution in [1.29, 1.82) is 0 Å². The number of allylic oxidation sites excluding steroid dienone is 1. The Bertz CT molecular complexity index is 411. The highest BCUT2D eigenvalue weighted by Crippen LogP contribution is 2.25. The minimum absolute atomic E-state index is 0.171. The fourth-order valence-corrected chi connectivity index (χ4v) is 1.55. The summed E-state index contributed by atoms with van der Waals surface area (Å²) in [4.78, 5) is 11.4. The molecule has 1 N–H and O–H groups in total. The van der Waals surface area contributed by atoms with Gasteiger partial charge in [-0.25, -0.2) is 0 Å². The lowest BCUT2D eigenvalue weighted by atomic mass is 10.3. The third kappa shape index (κ3) is 4.06. The van der Waals surface area contributed by atoms with Crippen LogP contribution in [-0.4, -0.2) is 5.91 Å². The molecule has 0 fully saturated rings. The normalized spacial score (nSPS) is 9.60. The number of benzene rings is 1. The number of hydrogen-bond acceptors (Lipinski definition) is 1. The number of hydrogen-bond donors (Lipinski definition) is 1. The number of rotatable bonds is 2. The molecule has 2 nitrogen and oxygen atoms in total. The lowest BCUT2D eigenvalue weighted by Crippen LogP contribution is -2.08. The third-order valence-electron chi connectivity index (χ3n) is 1.61. The molecule has 0 aliphatic carbocycles. The summed E-state index contributed by atoms with van der Waals surface area (Å²) in [5, 5.41) is 3.23. The van der Waals surface area contributed by atoms with Crippen molar-refractivity contribution in [3.05, 3.63) is 39.3 Å². The maximum absolute atomic E-state index is 11.4. The minimum atomic E-state index is -0.171. The van der Waals surface area contributed by atoms with Crippen LogP contribution in [-0.2, 0) is 4.79 Å². The Morgan fingerprint density at radius 1 is 1.47 bits per heavy atom. The highest BCUT2D eigenvalue weighted by Gasteiger charge is 2.03. The van der Waals surface area contributed by atoms with E-state index in [0.717, 1.165) is 10.0 Å². The summed E-state index contributed by atoms with van der Waals surface area (Å²) < 4.78 is 0.874. The number of anilines is 1. The molecule has 0 aliphatic rings. The molecule has 0 saturated carbocycles. The van der Waals surface area contributed by atoms with Gasteiger partial charge >= 0.3 is 0 Å². The second kappa shape index (κ2) is 5.33. The van der Waals surface area contributed by atoms with Crippen LogP contribution in [0.1, 0.15) is 13.8 Å². The van der Waals surface area contributed by atoms with Gasteiger partial charge in [-0.3, -0.25) is 4.79 Å². The van der Waals surface area contributed by atoms with Crippen LogP contribution in [0.4, 0.5) is 5.69 Å². The molecule has 0 saturated heterocycles. The van der Waals surface area contributed by atoms with Gasteiger partial charge in [0.05, 0.1) is 10.7 Å². The van der Waals surface area contributed by atoms with Crippen LogP contribution in [0.3, 0.4) is 0 Å². The fraction of sp³-hybridized carbons (Fsp3) is 0.182. The lowest BCUT2D eigenvalue weighted by Gasteiger charge is -2.05. The zero-order chi connectivity index (χ0) is 11.4. The molecule has 1 aromatic carbocycles. The molecule has 1 rings (SSSR count). The van der Waals surface area contributed by atoms with Crippen molar-refractivity contribution in [2.24, 2.45) is 0 Å². The molecule has 0 spiro atoms. The molecule has 4 heteroatoms. The standard InChI is InChI=1S/C11H11BrClNO/c1-7(2)5-11(15)14-10-6-8(12)3-4-9(10)13/h3-6H,1-2H3,(H,14,15). The average molecular weight is 289 g/mol. The van der Waals surface area contributed by atoms with Crippen molar-refractivity contribution < 1.29 is 4.79 Å². The first kappa shape index (κ1) is 12.3. The molecule has 0 heterocycles. The second-order valence-corrected chi connectivity index (χ2v) is 4.66. The van der Waals surface area contributed by atoms with Gasteiger partial charge in [-0.15, -0.1) is 0 Å². The van der Waals surface area contributed by atoms with Gasteiger partial charge < -0.3 is 5.32 Å². The zero-order valence-corrected chi connectivity index (χ0v) is 10.8. The molecular weight excluding hydrogens is 277 g/mol. The van der Waals surface area contributed by atoms with Gasteiger partial charge in [0.2, 0.25) is 5.91 Å². The van der Waals surface area contributed by atoms with E-state index in [1.54, 1.807) is 12.1 Å². The van der Waals surface area contributed by atoms with Gasteiger partial charge in [0.15, 0.2) is 0 Å². The fourth-order valence-electron chi connectivity index (χ4n) is 1.02. The Kier molecular flexibility index (Phi) is 4.36. The summed E-state index contributed by atoms with van der Waals surface area (Å²) in [6, 6.07) is 5.31. The summed E-state index contributed by atoms with van der Waals surface area (Å²) in [5.41, 5.74) is 1.55. The molecule has 0 bridgehead atoms. The quantitative estimate of drug-likeness (QED) is 0.819. The topological polar surface area (TPSA) is 29.1 Å². The van der Waals surface area contributed by atoms with E-state index in [9.17, 15) is 4.79 Å². The number of amides is 1. The Morgan fingerprint density at radius 3 is 2.73 bits per heavy atom. The van der Waals surface area contributed by atoms with E-state index in [-0.39, 0.29) is 5.91 Å². The highest BCUT2D eigenvalue weighted by atomic mass is 79.9. The van der Waals surface area contributed by atoms with E-state index >= 15 is 0 Å². The van der Waals surface area contributed by atoms with Crippen molar-refractivity contribution in [3.8, 4) is 0 Å². The van der Waals surface area contributed by atoms with E-state index in [1.165, 1.54) is 6.08 Å². The van der Waals surface area contributed by atoms with E-state index in [1.807, 2.05) is 19.9 Å². The maximum atomic E-state index is 11.4. The summed E-state index contributed by atoms with van der Waals surface area (Å²) in [6.45, 7) is 3.73. The smallest absolute Gasteiger partial charge is 0.248 e. The van der Waals surface area contributed by atoms with Gasteiger partial charge in [0, 0.05) is 10.5 Å². The SMILES string of the molecule is CC(C)=CC(=O)Nc1cc(Br)ccc1Cl.